The molecule has 2 aromatic carbocycles. The van der Waals surface area contributed by atoms with Gasteiger partial charge < -0.3 is 4.74 Å². The highest BCUT2D eigenvalue weighted by Gasteiger charge is 2.10. The molecule has 0 unspecified atom stereocenters. The summed E-state index contributed by atoms with van der Waals surface area (Å²) in [6.45, 7) is 1.86. The number of aromatic nitrogens is 1. The van der Waals surface area contributed by atoms with E-state index in [0.717, 1.165) is 11.1 Å². The van der Waals surface area contributed by atoms with Crippen LogP contribution >= 0.6 is 0 Å². The van der Waals surface area contributed by atoms with Crippen molar-refractivity contribution in [3.63, 3.8) is 0 Å². The maximum atomic E-state index is 12.2. The van der Waals surface area contributed by atoms with Gasteiger partial charge in [-0.05, 0) is 60.5 Å². The third-order valence-corrected chi connectivity index (χ3v) is 3.78. The zero-order valence-electron chi connectivity index (χ0n) is 14.6. The number of esters is 1. The molecule has 6 heteroatoms. The summed E-state index contributed by atoms with van der Waals surface area (Å²) in [7, 11) is 0. The summed E-state index contributed by atoms with van der Waals surface area (Å²) in [4.78, 5) is 27.9. The summed E-state index contributed by atoms with van der Waals surface area (Å²) in [5, 5.41) is 3.92. The van der Waals surface area contributed by atoms with Gasteiger partial charge in [0, 0.05) is 18.0 Å². The SMILES string of the molecule is Cc1ccccc1C(=O)Oc1ccc(C=NNC(=O)c2ccncc2)cc1. The van der Waals surface area contributed by atoms with Crippen LogP contribution in [0.5, 0.6) is 5.75 Å². The number of nitrogens with zero attached hydrogens (tertiary/aromatic N) is 2. The number of rotatable bonds is 5. The number of hydrogen-bond donors (Lipinski definition) is 1. The van der Waals surface area contributed by atoms with Crippen molar-refractivity contribution in [2.24, 2.45) is 5.10 Å². The molecule has 1 aromatic heterocycles. The lowest BCUT2D eigenvalue weighted by Gasteiger charge is -2.06. The Kier molecular flexibility index (Phi) is 5.69. The summed E-state index contributed by atoms with van der Waals surface area (Å²) in [6, 6.07) is 17.3. The Balaban J connectivity index is 1.58. The molecule has 3 aromatic rings. The smallest absolute Gasteiger partial charge is 0.343 e. The molecule has 0 aliphatic rings. The number of aryl methyl sites for hydroxylation is 1. The monoisotopic (exact) mass is 359 g/mol. The highest BCUT2D eigenvalue weighted by molar-refractivity contribution is 5.95. The quantitative estimate of drug-likeness (QED) is 0.328. The molecule has 0 aliphatic carbocycles. The molecule has 1 heterocycles. The number of nitrogens with one attached hydrogen (secondary N) is 1. The number of ether oxygens (including phenoxy) is 1. The van der Waals surface area contributed by atoms with E-state index in [-0.39, 0.29) is 5.91 Å². The van der Waals surface area contributed by atoms with Crippen LogP contribution in [0.15, 0.2) is 78.2 Å². The normalized spacial score (nSPS) is 10.6. The molecule has 0 saturated heterocycles. The van der Waals surface area contributed by atoms with Gasteiger partial charge in [0.15, 0.2) is 0 Å². The van der Waals surface area contributed by atoms with Crippen LogP contribution in [0.2, 0.25) is 0 Å². The lowest BCUT2D eigenvalue weighted by Crippen LogP contribution is -2.17. The average molecular weight is 359 g/mol. The van der Waals surface area contributed by atoms with Crippen LogP contribution in [0.1, 0.15) is 31.8 Å². The van der Waals surface area contributed by atoms with Crippen LogP contribution in [0.4, 0.5) is 0 Å². The van der Waals surface area contributed by atoms with Crippen LogP contribution < -0.4 is 10.2 Å². The van der Waals surface area contributed by atoms with Crippen molar-refractivity contribution in [1.29, 1.82) is 0 Å². The van der Waals surface area contributed by atoms with E-state index in [1.54, 1.807) is 48.5 Å². The fourth-order valence-electron chi connectivity index (χ4n) is 2.32. The van der Waals surface area contributed by atoms with Crippen LogP contribution in [0.3, 0.4) is 0 Å². The first-order chi connectivity index (χ1) is 13.1. The van der Waals surface area contributed by atoms with E-state index < -0.39 is 5.97 Å². The van der Waals surface area contributed by atoms with Crippen molar-refractivity contribution in [3.05, 3.63) is 95.3 Å². The molecule has 0 saturated carbocycles. The van der Waals surface area contributed by atoms with Crippen molar-refractivity contribution < 1.29 is 14.3 Å². The van der Waals surface area contributed by atoms with Gasteiger partial charge in [-0.15, -0.1) is 0 Å². The fourth-order valence-corrected chi connectivity index (χ4v) is 2.32. The third kappa shape index (κ3) is 4.85. The topological polar surface area (TPSA) is 80.6 Å². The number of carbonyl (C=O) groups excluding carboxylic acids is 2. The van der Waals surface area contributed by atoms with Crippen molar-refractivity contribution >= 4 is 18.1 Å². The third-order valence-electron chi connectivity index (χ3n) is 3.78. The minimum absolute atomic E-state index is 0.322. The van der Waals surface area contributed by atoms with Gasteiger partial charge in [0.1, 0.15) is 5.75 Å². The molecule has 1 N–H and O–H groups in total. The second kappa shape index (κ2) is 8.53. The summed E-state index contributed by atoms with van der Waals surface area (Å²) >= 11 is 0. The van der Waals surface area contributed by atoms with Crippen molar-refractivity contribution in [3.8, 4) is 5.75 Å². The van der Waals surface area contributed by atoms with Gasteiger partial charge in [-0.3, -0.25) is 9.78 Å². The Hall–Kier alpha value is -3.80. The van der Waals surface area contributed by atoms with Crippen molar-refractivity contribution in [1.82, 2.24) is 10.4 Å². The number of hydrazone groups is 1. The average Bonchev–Trinajstić information content (AvgIpc) is 2.70. The molecular weight excluding hydrogens is 342 g/mol. The molecule has 134 valence electrons. The molecular formula is C21H17N3O3. The lowest BCUT2D eigenvalue weighted by atomic mass is 10.1. The lowest BCUT2D eigenvalue weighted by molar-refractivity contribution is 0.0733. The molecule has 0 atom stereocenters. The van der Waals surface area contributed by atoms with E-state index in [2.05, 4.69) is 15.5 Å². The van der Waals surface area contributed by atoms with Gasteiger partial charge in [-0.1, -0.05) is 18.2 Å². The maximum Gasteiger partial charge on any atom is 0.343 e. The minimum atomic E-state index is -0.404. The molecule has 0 aliphatic heterocycles. The number of carbonyl (C=O) groups is 2. The number of amides is 1. The Morgan fingerprint density at radius 2 is 1.70 bits per heavy atom. The molecule has 0 fully saturated rings. The van der Waals surface area contributed by atoms with Gasteiger partial charge in [-0.2, -0.15) is 5.10 Å². The molecule has 0 radical (unpaired) electrons. The highest BCUT2D eigenvalue weighted by atomic mass is 16.5. The first kappa shape index (κ1) is 18.0. The predicted octanol–water partition coefficient (Wildman–Crippen LogP) is 3.37. The summed E-state index contributed by atoms with van der Waals surface area (Å²) < 4.78 is 5.38. The number of hydrogen-bond acceptors (Lipinski definition) is 5. The molecule has 3 rings (SSSR count). The molecule has 6 nitrogen and oxygen atoms in total. The van der Waals surface area contributed by atoms with E-state index in [1.807, 2.05) is 19.1 Å². The molecule has 0 spiro atoms. The van der Waals surface area contributed by atoms with E-state index in [4.69, 9.17) is 4.74 Å². The van der Waals surface area contributed by atoms with Gasteiger partial charge in [0.25, 0.3) is 5.91 Å². The predicted molar refractivity (Wildman–Crippen MR) is 102 cm³/mol. The highest BCUT2D eigenvalue weighted by Crippen LogP contribution is 2.15. The summed E-state index contributed by atoms with van der Waals surface area (Å²) in [6.07, 6.45) is 4.58. The fraction of sp³-hybridized carbons (Fsp3) is 0.0476. The Labute approximate surface area is 156 Å². The first-order valence-corrected chi connectivity index (χ1v) is 8.25. The van der Waals surface area contributed by atoms with Crippen molar-refractivity contribution in [2.45, 2.75) is 6.92 Å². The summed E-state index contributed by atoms with van der Waals surface area (Å²) in [5.41, 5.74) is 5.05. The second-order valence-electron chi connectivity index (χ2n) is 5.71. The number of pyridine rings is 1. The van der Waals surface area contributed by atoms with E-state index in [1.165, 1.54) is 18.6 Å². The summed E-state index contributed by atoms with van der Waals surface area (Å²) in [5.74, 6) is -0.294. The largest absolute Gasteiger partial charge is 0.423 e. The second-order valence-corrected chi connectivity index (χ2v) is 5.71. The Bertz CT molecular complexity index is 967. The van der Waals surface area contributed by atoms with Gasteiger partial charge in [0.05, 0.1) is 11.8 Å². The first-order valence-electron chi connectivity index (χ1n) is 8.25. The van der Waals surface area contributed by atoms with Gasteiger partial charge >= 0.3 is 5.97 Å². The number of benzene rings is 2. The van der Waals surface area contributed by atoms with Crippen LogP contribution in [0, 0.1) is 6.92 Å². The standard InChI is InChI=1S/C21H17N3O3/c1-15-4-2-3-5-19(15)21(26)27-18-8-6-16(7-9-18)14-23-24-20(25)17-10-12-22-13-11-17/h2-14H,1H3,(H,24,25). The van der Waals surface area contributed by atoms with Crippen LogP contribution in [-0.4, -0.2) is 23.1 Å². The van der Waals surface area contributed by atoms with Gasteiger partial charge in [0.2, 0.25) is 0 Å². The Morgan fingerprint density at radius 1 is 1.00 bits per heavy atom. The van der Waals surface area contributed by atoms with E-state index in [9.17, 15) is 9.59 Å². The van der Waals surface area contributed by atoms with E-state index in [0.29, 0.717) is 16.9 Å². The van der Waals surface area contributed by atoms with Crippen molar-refractivity contribution in [2.75, 3.05) is 0 Å². The zero-order chi connectivity index (χ0) is 19.1. The van der Waals surface area contributed by atoms with Crippen LogP contribution in [-0.2, 0) is 0 Å². The molecule has 27 heavy (non-hydrogen) atoms. The molecule has 1 amide bonds. The Morgan fingerprint density at radius 3 is 2.41 bits per heavy atom. The van der Waals surface area contributed by atoms with Gasteiger partial charge in [-0.25, -0.2) is 10.2 Å². The maximum absolute atomic E-state index is 12.2. The minimum Gasteiger partial charge on any atom is -0.423 e. The molecule has 0 bridgehead atoms. The van der Waals surface area contributed by atoms with E-state index >= 15 is 0 Å². The van der Waals surface area contributed by atoms with Crippen LogP contribution in [0.25, 0.3) is 0 Å². The zero-order valence-corrected chi connectivity index (χ0v) is 14.6.